The molecule has 0 aliphatic carbocycles. The lowest BCUT2D eigenvalue weighted by molar-refractivity contribution is 0.174. The molecule has 1 atom stereocenters. The standard InChI is InChI=1S/C19H18O/c1-2-19(20)18-12-6-5-11-17(18)16-13-7-9-14-8-3-4-10-15(14)16/h3-13,19-20H,2H2,1H3/t19-/m0/s1. The van der Waals surface area contributed by atoms with E-state index in [2.05, 4.69) is 48.5 Å². The highest BCUT2D eigenvalue weighted by Gasteiger charge is 2.12. The average Bonchev–Trinajstić information content (AvgIpc) is 2.53. The van der Waals surface area contributed by atoms with Gasteiger partial charge in [0.2, 0.25) is 0 Å². The van der Waals surface area contributed by atoms with Gasteiger partial charge in [-0.05, 0) is 33.9 Å². The van der Waals surface area contributed by atoms with Crippen molar-refractivity contribution in [3.8, 4) is 11.1 Å². The van der Waals surface area contributed by atoms with E-state index in [1.54, 1.807) is 0 Å². The largest absolute Gasteiger partial charge is 0.388 e. The van der Waals surface area contributed by atoms with E-state index < -0.39 is 6.10 Å². The molecular weight excluding hydrogens is 244 g/mol. The van der Waals surface area contributed by atoms with Crippen LogP contribution in [0.4, 0.5) is 0 Å². The number of rotatable bonds is 3. The summed E-state index contributed by atoms with van der Waals surface area (Å²) >= 11 is 0. The number of aliphatic hydroxyl groups is 1. The molecule has 0 saturated carbocycles. The molecule has 0 heterocycles. The molecule has 0 aromatic heterocycles. The third-order valence-electron chi connectivity index (χ3n) is 3.79. The van der Waals surface area contributed by atoms with E-state index in [0.29, 0.717) is 0 Å². The fourth-order valence-electron chi connectivity index (χ4n) is 2.71. The maximum Gasteiger partial charge on any atom is 0.0793 e. The lowest BCUT2D eigenvalue weighted by Crippen LogP contribution is -1.98. The Morgan fingerprint density at radius 2 is 1.45 bits per heavy atom. The van der Waals surface area contributed by atoms with E-state index in [9.17, 15) is 5.11 Å². The van der Waals surface area contributed by atoms with Gasteiger partial charge in [-0.15, -0.1) is 0 Å². The Morgan fingerprint density at radius 1 is 0.800 bits per heavy atom. The molecule has 0 spiro atoms. The van der Waals surface area contributed by atoms with Crippen molar-refractivity contribution in [1.29, 1.82) is 0 Å². The van der Waals surface area contributed by atoms with Gasteiger partial charge in [-0.3, -0.25) is 0 Å². The molecule has 0 amide bonds. The van der Waals surface area contributed by atoms with Gasteiger partial charge in [0.15, 0.2) is 0 Å². The molecule has 3 aromatic rings. The molecule has 1 heteroatoms. The Bertz CT molecular complexity index is 725. The molecule has 0 unspecified atom stereocenters. The molecule has 1 nitrogen and oxygen atoms in total. The van der Waals surface area contributed by atoms with E-state index in [0.717, 1.165) is 17.5 Å². The maximum atomic E-state index is 10.2. The third-order valence-corrected chi connectivity index (χ3v) is 3.79. The fraction of sp³-hybridized carbons (Fsp3) is 0.158. The van der Waals surface area contributed by atoms with E-state index in [4.69, 9.17) is 0 Å². The molecule has 0 fully saturated rings. The summed E-state index contributed by atoms with van der Waals surface area (Å²) in [4.78, 5) is 0. The average molecular weight is 262 g/mol. The Balaban J connectivity index is 2.26. The summed E-state index contributed by atoms with van der Waals surface area (Å²) in [6, 6.07) is 22.8. The van der Waals surface area contributed by atoms with E-state index >= 15 is 0 Å². The van der Waals surface area contributed by atoms with Crippen molar-refractivity contribution in [2.24, 2.45) is 0 Å². The second-order valence-electron chi connectivity index (χ2n) is 5.04. The van der Waals surface area contributed by atoms with Crippen LogP contribution in [0, 0.1) is 0 Å². The predicted octanol–water partition coefficient (Wildman–Crippen LogP) is 4.95. The minimum absolute atomic E-state index is 0.412. The molecule has 1 N–H and O–H groups in total. The van der Waals surface area contributed by atoms with Gasteiger partial charge in [0.05, 0.1) is 6.10 Å². The summed E-state index contributed by atoms with van der Waals surface area (Å²) in [5.74, 6) is 0. The smallest absolute Gasteiger partial charge is 0.0793 e. The first-order valence-corrected chi connectivity index (χ1v) is 7.06. The van der Waals surface area contributed by atoms with E-state index in [-0.39, 0.29) is 0 Å². The zero-order valence-electron chi connectivity index (χ0n) is 11.6. The van der Waals surface area contributed by atoms with Crippen molar-refractivity contribution in [2.75, 3.05) is 0 Å². The van der Waals surface area contributed by atoms with Gasteiger partial charge < -0.3 is 5.11 Å². The first-order valence-electron chi connectivity index (χ1n) is 7.06. The van der Waals surface area contributed by atoms with Crippen molar-refractivity contribution in [2.45, 2.75) is 19.4 Å². The Labute approximate surface area is 119 Å². The van der Waals surface area contributed by atoms with Crippen LogP contribution in [0.15, 0.2) is 66.7 Å². The minimum Gasteiger partial charge on any atom is -0.388 e. The van der Waals surface area contributed by atoms with Crippen molar-refractivity contribution in [3.05, 3.63) is 72.3 Å². The summed E-state index contributed by atoms with van der Waals surface area (Å²) < 4.78 is 0. The highest BCUT2D eigenvalue weighted by atomic mass is 16.3. The first kappa shape index (κ1) is 12.9. The Hall–Kier alpha value is -2.12. The minimum atomic E-state index is -0.412. The molecule has 20 heavy (non-hydrogen) atoms. The first-order chi connectivity index (χ1) is 9.81. The van der Waals surface area contributed by atoms with E-state index in [1.807, 2.05) is 25.1 Å². The Kier molecular flexibility index (Phi) is 3.53. The van der Waals surface area contributed by atoms with Crippen LogP contribution in [0.5, 0.6) is 0 Å². The van der Waals surface area contributed by atoms with Crippen molar-refractivity contribution in [3.63, 3.8) is 0 Å². The van der Waals surface area contributed by atoms with Gasteiger partial charge in [-0.2, -0.15) is 0 Å². The zero-order chi connectivity index (χ0) is 13.9. The van der Waals surface area contributed by atoms with Crippen LogP contribution in [0.1, 0.15) is 25.0 Å². The van der Waals surface area contributed by atoms with Gasteiger partial charge in [0.25, 0.3) is 0 Å². The molecule has 0 aliphatic heterocycles. The van der Waals surface area contributed by atoms with Gasteiger partial charge in [-0.1, -0.05) is 73.7 Å². The number of hydrogen-bond donors (Lipinski definition) is 1. The van der Waals surface area contributed by atoms with Crippen molar-refractivity contribution >= 4 is 10.8 Å². The van der Waals surface area contributed by atoms with Gasteiger partial charge in [-0.25, -0.2) is 0 Å². The topological polar surface area (TPSA) is 20.2 Å². The maximum absolute atomic E-state index is 10.2. The molecule has 0 radical (unpaired) electrons. The number of hydrogen-bond acceptors (Lipinski definition) is 1. The van der Waals surface area contributed by atoms with Crippen LogP contribution in [0.2, 0.25) is 0 Å². The summed E-state index contributed by atoms with van der Waals surface area (Å²) in [6.45, 7) is 2.00. The number of fused-ring (bicyclic) bond motifs is 1. The van der Waals surface area contributed by atoms with Gasteiger partial charge in [0.1, 0.15) is 0 Å². The third kappa shape index (κ3) is 2.21. The SMILES string of the molecule is CC[C@H](O)c1ccccc1-c1cccc2ccccc12. The molecule has 3 rings (SSSR count). The quantitative estimate of drug-likeness (QED) is 0.708. The molecule has 0 bridgehead atoms. The lowest BCUT2D eigenvalue weighted by atomic mass is 9.92. The molecule has 3 aromatic carbocycles. The van der Waals surface area contributed by atoms with Crippen molar-refractivity contribution < 1.29 is 5.11 Å². The van der Waals surface area contributed by atoms with Crippen LogP contribution in [-0.2, 0) is 0 Å². The van der Waals surface area contributed by atoms with Crippen LogP contribution >= 0.6 is 0 Å². The summed E-state index contributed by atoms with van der Waals surface area (Å²) in [6.07, 6.45) is 0.312. The molecule has 0 aliphatic rings. The van der Waals surface area contributed by atoms with Crippen LogP contribution < -0.4 is 0 Å². The van der Waals surface area contributed by atoms with Crippen LogP contribution in [0.25, 0.3) is 21.9 Å². The molecule has 0 saturated heterocycles. The van der Waals surface area contributed by atoms with Crippen molar-refractivity contribution in [1.82, 2.24) is 0 Å². The van der Waals surface area contributed by atoms with Gasteiger partial charge in [0, 0.05) is 0 Å². The lowest BCUT2D eigenvalue weighted by Gasteiger charge is -2.15. The summed E-state index contributed by atoms with van der Waals surface area (Å²) in [5, 5.41) is 12.7. The second-order valence-corrected chi connectivity index (χ2v) is 5.04. The fourth-order valence-corrected chi connectivity index (χ4v) is 2.71. The highest BCUT2D eigenvalue weighted by Crippen LogP contribution is 2.34. The second kappa shape index (κ2) is 5.48. The molecular formula is C19H18O. The monoisotopic (exact) mass is 262 g/mol. The Morgan fingerprint density at radius 3 is 2.30 bits per heavy atom. The summed E-state index contributed by atoms with van der Waals surface area (Å²) in [5.41, 5.74) is 3.32. The summed E-state index contributed by atoms with van der Waals surface area (Å²) in [7, 11) is 0. The van der Waals surface area contributed by atoms with Gasteiger partial charge >= 0.3 is 0 Å². The number of benzene rings is 3. The highest BCUT2D eigenvalue weighted by molar-refractivity contribution is 5.97. The van der Waals surface area contributed by atoms with E-state index in [1.165, 1.54) is 16.3 Å². The van der Waals surface area contributed by atoms with Crippen LogP contribution in [-0.4, -0.2) is 5.11 Å². The molecule has 100 valence electrons. The predicted molar refractivity (Wildman–Crippen MR) is 84.6 cm³/mol. The van der Waals surface area contributed by atoms with Crippen LogP contribution in [0.3, 0.4) is 0 Å². The number of aliphatic hydroxyl groups excluding tert-OH is 1. The normalized spacial score (nSPS) is 12.5. The zero-order valence-corrected chi connectivity index (χ0v) is 11.6.